The average Bonchev–Trinajstić information content (AvgIpc) is 3.08. The molecule has 7 atom stereocenters. The fourth-order valence-corrected chi connectivity index (χ4v) is 7.83. The smallest absolute Gasteiger partial charge is 0.331 e. The first kappa shape index (κ1) is 20.9. The molecule has 0 aromatic carbocycles. The summed E-state index contributed by atoms with van der Waals surface area (Å²) in [5.41, 5.74) is 0.443. The van der Waals surface area contributed by atoms with Crippen molar-refractivity contribution >= 4 is 11.9 Å². The number of methoxy groups -OCH3 is 1. The van der Waals surface area contributed by atoms with Crippen LogP contribution in [0.25, 0.3) is 0 Å². The molecule has 1 aliphatic heterocycles. The van der Waals surface area contributed by atoms with Gasteiger partial charge in [0.25, 0.3) is 0 Å². The summed E-state index contributed by atoms with van der Waals surface area (Å²) in [6, 6.07) is 0. The Morgan fingerprint density at radius 2 is 1.97 bits per heavy atom. The van der Waals surface area contributed by atoms with Gasteiger partial charge in [-0.05, 0) is 86.0 Å². The molecule has 1 heterocycles. The lowest BCUT2D eigenvalue weighted by Crippen LogP contribution is -2.60. The quantitative estimate of drug-likeness (QED) is 0.719. The van der Waals surface area contributed by atoms with Gasteiger partial charge in [-0.1, -0.05) is 20.3 Å². The van der Waals surface area contributed by atoms with Gasteiger partial charge in [0.2, 0.25) is 0 Å². The van der Waals surface area contributed by atoms with Gasteiger partial charge < -0.3 is 14.6 Å². The van der Waals surface area contributed by atoms with E-state index in [1.54, 1.807) is 6.08 Å². The van der Waals surface area contributed by atoms with E-state index in [0.29, 0.717) is 18.4 Å². The van der Waals surface area contributed by atoms with Crippen LogP contribution < -0.4 is 0 Å². The highest BCUT2D eigenvalue weighted by Gasteiger charge is 2.62. The number of esters is 2. The summed E-state index contributed by atoms with van der Waals surface area (Å²) >= 11 is 0. The Kier molecular flexibility index (Phi) is 5.12. The number of carbonyl (C=O) groups is 2. The third-order valence-electron chi connectivity index (χ3n) is 9.28. The number of carbonyl (C=O) groups excluding carboxylic acids is 2. The van der Waals surface area contributed by atoms with Crippen molar-refractivity contribution in [2.24, 2.45) is 34.0 Å². The third-order valence-corrected chi connectivity index (χ3v) is 9.28. The van der Waals surface area contributed by atoms with E-state index < -0.39 is 5.41 Å². The minimum atomic E-state index is -0.412. The summed E-state index contributed by atoms with van der Waals surface area (Å²) in [7, 11) is 1.51. The van der Waals surface area contributed by atoms with Crippen LogP contribution in [0.5, 0.6) is 0 Å². The van der Waals surface area contributed by atoms with Gasteiger partial charge in [-0.25, -0.2) is 4.79 Å². The monoisotopic (exact) mass is 404 g/mol. The lowest BCUT2D eigenvalue weighted by Gasteiger charge is -2.63. The standard InChI is InChI=1S/C24H36O5/c1-22(13-15-12-19(25)29-14-15)11-8-17-16(20(22)26)6-7-18-23(17,2)9-5-10-24(18,3)21(27)28-4/h12,16-18,20,26H,5-11,13-14H2,1-4H3/t16-,17+,18-,20+,22-,23-,24-/m1/s1. The fourth-order valence-electron chi connectivity index (χ4n) is 7.83. The van der Waals surface area contributed by atoms with Gasteiger partial charge in [0, 0.05) is 6.08 Å². The molecular formula is C24H36O5. The second kappa shape index (κ2) is 7.11. The minimum Gasteiger partial charge on any atom is -0.469 e. The van der Waals surface area contributed by atoms with E-state index in [9.17, 15) is 14.7 Å². The Morgan fingerprint density at radius 1 is 1.21 bits per heavy atom. The van der Waals surface area contributed by atoms with Crippen LogP contribution in [0.15, 0.2) is 11.6 Å². The summed E-state index contributed by atoms with van der Waals surface area (Å²) in [6.07, 6.45) is 8.96. The van der Waals surface area contributed by atoms with Crippen LogP contribution >= 0.6 is 0 Å². The Balaban J connectivity index is 1.58. The normalized spacial score (nSPS) is 46.9. The SMILES string of the molecule is COC(=O)[C@]1(C)CCC[C@@]2(C)[C@H]1CC[C@H]1[C@H](O)[C@@](C)(CC3=CC(=O)OC3)CC[C@@H]12. The van der Waals surface area contributed by atoms with Crippen molar-refractivity contribution in [2.75, 3.05) is 13.7 Å². The molecule has 0 unspecified atom stereocenters. The lowest BCUT2D eigenvalue weighted by atomic mass is 9.42. The summed E-state index contributed by atoms with van der Waals surface area (Å²) in [4.78, 5) is 24.2. The number of aliphatic hydroxyl groups is 1. The van der Waals surface area contributed by atoms with Crippen LogP contribution in [0.3, 0.4) is 0 Å². The van der Waals surface area contributed by atoms with Crippen molar-refractivity contribution in [2.45, 2.75) is 78.2 Å². The Hall–Kier alpha value is -1.36. The molecule has 5 nitrogen and oxygen atoms in total. The maximum Gasteiger partial charge on any atom is 0.331 e. The van der Waals surface area contributed by atoms with Crippen molar-refractivity contribution < 1.29 is 24.2 Å². The van der Waals surface area contributed by atoms with Gasteiger partial charge in [-0.15, -0.1) is 0 Å². The molecule has 29 heavy (non-hydrogen) atoms. The Bertz CT molecular complexity index is 729. The fraction of sp³-hybridized carbons (Fsp3) is 0.833. The molecule has 0 amide bonds. The second-order valence-corrected chi connectivity index (χ2v) is 10.9. The summed E-state index contributed by atoms with van der Waals surface area (Å²) in [6.45, 7) is 7.02. The number of hydrogen-bond acceptors (Lipinski definition) is 5. The highest BCUT2D eigenvalue weighted by molar-refractivity contribution is 5.85. The molecule has 4 aliphatic rings. The van der Waals surface area contributed by atoms with Gasteiger partial charge in [-0.2, -0.15) is 0 Å². The highest BCUT2D eigenvalue weighted by Crippen LogP contribution is 2.65. The van der Waals surface area contributed by atoms with E-state index in [2.05, 4.69) is 20.8 Å². The maximum absolute atomic E-state index is 12.7. The van der Waals surface area contributed by atoms with Gasteiger partial charge in [-0.3, -0.25) is 4.79 Å². The van der Waals surface area contributed by atoms with Gasteiger partial charge in [0.05, 0.1) is 18.6 Å². The predicted molar refractivity (Wildman–Crippen MR) is 109 cm³/mol. The van der Waals surface area contributed by atoms with Crippen LogP contribution in [0.4, 0.5) is 0 Å². The molecule has 162 valence electrons. The first-order chi connectivity index (χ1) is 13.6. The van der Waals surface area contributed by atoms with Gasteiger partial charge in [0.1, 0.15) is 6.61 Å². The molecule has 0 aromatic rings. The summed E-state index contributed by atoms with van der Waals surface area (Å²) in [5, 5.41) is 11.5. The molecule has 4 rings (SSSR count). The molecule has 3 aliphatic carbocycles. The van der Waals surface area contributed by atoms with Crippen molar-refractivity contribution in [3.63, 3.8) is 0 Å². The number of fused-ring (bicyclic) bond motifs is 3. The molecule has 3 fully saturated rings. The van der Waals surface area contributed by atoms with Crippen molar-refractivity contribution in [1.82, 2.24) is 0 Å². The first-order valence-corrected chi connectivity index (χ1v) is 11.3. The largest absolute Gasteiger partial charge is 0.469 e. The zero-order valence-electron chi connectivity index (χ0n) is 18.3. The molecular weight excluding hydrogens is 368 g/mol. The van der Waals surface area contributed by atoms with Gasteiger partial charge in [0.15, 0.2) is 0 Å². The molecule has 0 radical (unpaired) electrons. The number of rotatable bonds is 3. The predicted octanol–water partition coefficient (Wildman–Crippen LogP) is 4.03. The zero-order valence-corrected chi connectivity index (χ0v) is 18.3. The van der Waals surface area contributed by atoms with E-state index in [4.69, 9.17) is 9.47 Å². The Labute approximate surface area is 174 Å². The van der Waals surface area contributed by atoms with Crippen LogP contribution in [0.1, 0.15) is 72.1 Å². The van der Waals surface area contributed by atoms with Crippen LogP contribution in [-0.4, -0.2) is 36.9 Å². The number of cyclic esters (lactones) is 1. The molecule has 3 saturated carbocycles. The molecule has 0 aromatic heterocycles. The zero-order chi connectivity index (χ0) is 21.0. The number of hydrogen-bond donors (Lipinski definition) is 1. The van der Waals surface area contributed by atoms with Crippen LogP contribution in [-0.2, 0) is 19.1 Å². The van der Waals surface area contributed by atoms with Crippen LogP contribution in [0, 0.1) is 34.0 Å². The first-order valence-electron chi connectivity index (χ1n) is 11.3. The Morgan fingerprint density at radius 3 is 2.62 bits per heavy atom. The molecule has 1 N–H and O–H groups in total. The van der Waals surface area contributed by atoms with E-state index in [0.717, 1.165) is 56.9 Å². The van der Waals surface area contributed by atoms with Crippen molar-refractivity contribution in [1.29, 1.82) is 0 Å². The average molecular weight is 405 g/mol. The second-order valence-electron chi connectivity index (χ2n) is 10.9. The topological polar surface area (TPSA) is 72.8 Å². The summed E-state index contributed by atoms with van der Waals surface area (Å²) < 4.78 is 10.3. The van der Waals surface area contributed by atoms with Gasteiger partial charge >= 0.3 is 11.9 Å². The van der Waals surface area contributed by atoms with E-state index in [1.165, 1.54) is 7.11 Å². The minimum absolute atomic E-state index is 0.0640. The summed E-state index contributed by atoms with van der Waals surface area (Å²) in [5.74, 6) is 0.685. The highest BCUT2D eigenvalue weighted by atomic mass is 16.5. The van der Waals surface area contributed by atoms with E-state index in [1.807, 2.05) is 0 Å². The molecule has 0 saturated heterocycles. The van der Waals surface area contributed by atoms with Crippen molar-refractivity contribution in [3.05, 3.63) is 11.6 Å². The van der Waals surface area contributed by atoms with Crippen LogP contribution in [0.2, 0.25) is 0 Å². The lowest BCUT2D eigenvalue weighted by molar-refractivity contribution is -0.190. The van der Waals surface area contributed by atoms with E-state index in [-0.39, 0.29) is 34.8 Å². The maximum atomic E-state index is 12.7. The third kappa shape index (κ3) is 3.15. The molecule has 0 spiro atoms. The van der Waals surface area contributed by atoms with E-state index >= 15 is 0 Å². The number of aliphatic hydroxyl groups excluding tert-OH is 1. The molecule has 5 heteroatoms. The van der Waals surface area contributed by atoms with Crippen molar-refractivity contribution in [3.8, 4) is 0 Å². The molecule has 0 bridgehead atoms. The number of ether oxygens (including phenoxy) is 2.